The van der Waals surface area contributed by atoms with Crippen molar-refractivity contribution < 1.29 is 4.74 Å². The Hall–Kier alpha value is -2.05. The fourth-order valence-corrected chi connectivity index (χ4v) is 4.66. The first kappa shape index (κ1) is 18.9. The number of benzene rings is 1. The second-order valence-corrected chi connectivity index (χ2v) is 9.01. The molecule has 3 aliphatic rings. The largest absolute Gasteiger partial charge is 0.381 e. The molecule has 0 radical (unpaired) electrons. The van der Waals surface area contributed by atoms with Gasteiger partial charge in [0.05, 0.1) is 18.7 Å². The lowest BCUT2D eigenvalue weighted by molar-refractivity contribution is -0.0266. The summed E-state index contributed by atoms with van der Waals surface area (Å²) in [6.07, 6.45) is 5.35. The lowest BCUT2D eigenvalue weighted by Crippen LogP contribution is -2.30. The van der Waals surface area contributed by atoms with Crippen molar-refractivity contribution in [2.75, 3.05) is 37.7 Å². The number of hydrogen-bond acceptors (Lipinski definition) is 6. The Balaban J connectivity index is 1.38. The SMILES string of the molecule is Cc1ccc2nc(C3CCC(=NCC4COC4)CC3)nc(N3CC[C@@H](N)C3)c2c1. The third-order valence-corrected chi connectivity index (χ3v) is 6.58. The van der Waals surface area contributed by atoms with E-state index in [1.54, 1.807) is 0 Å². The normalized spacial score (nSPS) is 25.4. The number of ether oxygens (including phenoxy) is 1. The smallest absolute Gasteiger partial charge is 0.140 e. The van der Waals surface area contributed by atoms with Crippen LogP contribution in [0.15, 0.2) is 23.2 Å². The Morgan fingerprint density at radius 3 is 2.69 bits per heavy atom. The minimum absolute atomic E-state index is 0.239. The molecule has 5 rings (SSSR count). The van der Waals surface area contributed by atoms with Gasteiger partial charge in [-0.1, -0.05) is 11.6 Å². The molecule has 1 aromatic heterocycles. The summed E-state index contributed by atoms with van der Waals surface area (Å²) in [4.78, 5) is 17.3. The quantitative estimate of drug-likeness (QED) is 0.863. The van der Waals surface area contributed by atoms with Crippen molar-refractivity contribution in [3.05, 3.63) is 29.6 Å². The molecule has 1 saturated carbocycles. The van der Waals surface area contributed by atoms with E-state index in [1.807, 2.05) is 0 Å². The van der Waals surface area contributed by atoms with E-state index in [0.29, 0.717) is 11.8 Å². The van der Waals surface area contributed by atoms with Gasteiger partial charge in [0.1, 0.15) is 11.6 Å². The number of nitrogens with two attached hydrogens (primary N) is 1. The summed E-state index contributed by atoms with van der Waals surface area (Å²) < 4.78 is 5.25. The maximum atomic E-state index is 6.19. The first-order valence-corrected chi connectivity index (χ1v) is 11.0. The second-order valence-electron chi connectivity index (χ2n) is 9.01. The van der Waals surface area contributed by atoms with E-state index >= 15 is 0 Å². The maximum absolute atomic E-state index is 6.19. The number of aromatic nitrogens is 2. The number of anilines is 1. The first-order valence-electron chi connectivity index (χ1n) is 11.0. The van der Waals surface area contributed by atoms with Crippen molar-refractivity contribution in [2.24, 2.45) is 16.6 Å². The summed E-state index contributed by atoms with van der Waals surface area (Å²) in [6.45, 7) is 6.69. The van der Waals surface area contributed by atoms with Gasteiger partial charge >= 0.3 is 0 Å². The molecule has 2 aliphatic heterocycles. The lowest BCUT2D eigenvalue weighted by atomic mass is 9.87. The predicted octanol–water partition coefficient (Wildman–Crippen LogP) is 3.22. The van der Waals surface area contributed by atoms with Crippen molar-refractivity contribution >= 4 is 22.4 Å². The van der Waals surface area contributed by atoms with E-state index in [1.165, 1.54) is 11.3 Å². The van der Waals surface area contributed by atoms with Gasteiger partial charge < -0.3 is 15.4 Å². The van der Waals surface area contributed by atoms with Crippen molar-refractivity contribution in [1.29, 1.82) is 0 Å². The van der Waals surface area contributed by atoms with Gasteiger partial charge in [0.15, 0.2) is 0 Å². The van der Waals surface area contributed by atoms with Crippen LogP contribution in [0.1, 0.15) is 49.4 Å². The summed E-state index contributed by atoms with van der Waals surface area (Å²) in [6, 6.07) is 6.75. The fourth-order valence-electron chi connectivity index (χ4n) is 4.66. The first-order chi connectivity index (χ1) is 14.2. The molecule has 2 saturated heterocycles. The Morgan fingerprint density at radius 1 is 1.17 bits per heavy atom. The number of fused-ring (bicyclic) bond motifs is 1. The molecule has 1 aromatic carbocycles. The highest BCUT2D eigenvalue weighted by molar-refractivity contribution is 5.90. The van der Waals surface area contributed by atoms with E-state index in [2.05, 4.69) is 30.0 Å². The van der Waals surface area contributed by atoms with Gasteiger partial charge in [0, 0.05) is 48.6 Å². The van der Waals surface area contributed by atoms with Gasteiger partial charge in [0.2, 0.25) is 0 Å². The zero-order valence-corrected chi connectivity index (χ0v) is 17.3. The van der Waals surface area contributed by atoms with Crippen LogP contribution >= 0.6 is 0 Å². The summed E-state index contributed by atoms with van der Waals surface area (Å²) in [5, 5.41) is 1.16. The van der Waals surface area contributed by atoms with E-state index in [0.717, 1.165) is 87.5 Å². The van der Waals surface area contributed by atoms with Crippen LogP contribution in [-0.2, 0) is 4.74 Å². The van der Waals surface area contributed by atoms with E-state index in [9.17, 15) is 0 Å². The molecule has 2 aromatic rings. The molecule has 0 bridgehead atoms. The molecule has 1 aliphatic carbocycles. The van der Waals surface area contributed by atoms with E-state index in [4.69, 9.17) is 25.4 Å². The van der Waals surface area contributed by atoms with Crippen LogP contribution in [-0.4, -0.2) is 54.6 Å². The average molecular weight is 394 g/mol. The summed E-state index contributed by atoms with van der Waals surface area (Å²) in [7, 11) is 0. The topological polar surface area (TPSA) is 76.6 Å². The van der Waals surface area contributed by atoms with Crippen LogP contribution < -0.4 is 10.6 Å². The highest BCUT2D eigenvalue weighted by Crippen LogP contribution is 2.34. The van der Waals surface area contributed by atoms with Gasteiger partial charge in [0.25, 0.3) is 0 Å². The molecule has 3 heterocycles. The van der Waals surface area contributed by atoms with Crippen molar-refractivity contribution in [2.45, 2.75) is 51.0 Å². The molecule has 154 valence electrons. The standard InChI is InChI=1S/C23H31N5O/c1-15-2-7-21-20(10-15)23(28-9-8-18(24)12-28)27-22(26-21)17-3-5-19(6-4-17)25-11-16-13-29-14-16/h2,7,10,16-18H,3-6,8-9,11-14,24H2,1H3/t17?,18-/m1/s1. The van der Waals surface area contributed by atoms with E-state index in [-0.39, 0.29) is 6.04 Å². The Labute approximate surface area is 172 Å². The molecule has 6 nitrogen and oxygen atoms in total. The summed E-state index contributed by atoms with van der Waals surface area (Å²) in [5.41, 5.74) is 9.86. The molecular formula is C23H31N5O. The Morgan fingerprint density at radius 2 is 2.00 bits per heavy atom. The average Bonchev–Trinajstić information content (AvgIpc) is 3.13. The third kappa shape index (κ3) is 4.01. The van der Waals surface area contributed by atoms with Gasteiger partial charge in [-0.2, -0.15) is 0 Å². The summed E-state index contributed by atoms with van der Waals surface area (Å²) in [5.74, 6) is 3.14. The molecule has 0 unspecified atom stereocenters. The van der Waals surface area contributed by atoms with Crippen LogP contribution in [0.3, 0.4) is 0 Å². The van der Waals surface area contributed by atoms with Crippen LogP contribution in [0.25, 0.3) is 10.9 Å². The van der Waals surface area contributed by atoms with Gasteiger partial charge in [-0.05, 0) is 51.2 Å². The molecular weight excluding hydrogens is 362 g/mol. The van der Waals surface area contributed by atoms with Crippen molar-refractivity contribution in [1.82, 2.24) is 9.97 Å². The Bertz CT molecular complexity index is 913. The minimum atomic E-state index is 0.239. The number of nitrogens with zero attached hydrogens (tertiary/aromatic N) is 4. The van der Waals surface area contributed by atoms with Crippen molar-refractivity contribution in [3.8, 4) is 0 Å². The zero-order chi connectivity index (χ0) is 19.8. The van der Waals surface area contributed by atoms with Crippen LogP contribution in [0.2, 0.25) is 0 Å². The fraction of sp³-hybridized carbons (Fsp3) is 0.609. The molecule has 6 heteroatoms. The molecule has 1 atom stereocenters. The molecule has 0 amide bonds. The van der Waals surface area contributed by atoms with Gasteiger partial charge in [-0.25, -0.2) is 9.97 Å². The zero-order valence-electron chi connectivity index (χ0n) is 17.3. The van der Waals surface area contributed by atoms with Crippen LogP contribution in [0.5, 0.6) is 0 Å². The third-order valence-electron chi connectivity index (χ3n) is 6.58. The van der Waals surface area contributed by atoms with Crippen LogP contribution in [0, 0.1) is 12.8 Å². The van der Waals surface area contributed by atoms with E-state index < -0.39 is 0 Å². The van der Waals surface area contributed by atoms with Gasteiger partial charge in [-0.15, -0.1) is 0 Å². The molecule has 29 heavy (non-hydrogen) atoms. The number of hydrogen-bond donors (Lipinski definition) is 1. The highest BCUT2D eigenvalue weighted by atomic mass is 16.5. The summed E-state index contributed by atoms with van der Waals surface area (Å²) >= 11 is 0. The minimum Gasteiger partial charge on any atom is -0.381 e. The monoisotopic (exact) mass is 393 g/mol. The number of aryl methyl sites for hydroxylation is 1. The lowest BCUT2D eigenvalue weighted by Gasteiger charge is -2.27. The number of aliphatic imine (C=N–C) groups is 1. The predicted molar refractivity (Wildman–Crippen MR) is 117 cm³/mol. The maximum Gasteiger partial charge on any atom is 0.140 e. The molecule has 3 fully saturated rings. The van der Waals surface area contributed by atoms with Crippen molar-refractivity contribution in [3.63, 3.8) is 0 Å². The number of rotatable bonds is 4. The second kappa shape index (κ2) is 8.00. The van der Waals surface area contributed by atoms with Gasteiger partial charge in [-0.3, -0.25) is 4.99 Å². The highest BCUT2D eigenvalue weighted by Gasteiger charge is 2.27. The molecule has 0 spiro atoms. The Kier molecular flexibility index (Phi) is 5.22. The van der Waals surface area contributed by atoms with Crippen LogP contribution in [0.4, 0.5) is 5.82 Å². The molecule has 2 N–H and O–H groups in total.